The predicted molar refractivity (Wildman–Crippen MR) is 60.5 cm³/mol. The molecule has 1 rings (SSSR count). The Kier molecular flexibility index (Phi) is 8.82. The van der Waals surface area contributed by atoms with Crippen LogP contribution >= 0.6 is 0 Å². The minimum absolute atomic E-state index is 0.0207. The first-order valence-electron chi connectivity index (χ1n) is 4.92. The summed E-state index contributed by atoms with van der Waals surface area (Å²) in [5, 5.41) is 8.53. The zero-order valence-corrected chi connectivity index (χ0v) is 9.09. The number of hydrogen-bond donors (Lipinski definition) is 1. The molecule has 0 atom stereocenters. The van der Waals surface area contributed by atoms with E-state index in [1.54, 1.807) is 0 Å². The Labute approximate surface area is 94.9 Å². The molecule has 0 saturated heterocycles. The van der Waals surface area contributed by atoms with Crippen LogP contribution in [-0.2, 0) is 16.0 Å². The van der Waals surface area contributed by atoms with Gasteiger partial charge in [-0.25, -0.2) is 0 Å². The number of carbonyl (C=O) groups excluding carboxylic acids is 2. The Bertz CT molecular complexity index is 282. The van der Waals surface area contributed by atoms with Gasteiger partial charge in [0.15, 0.2) is 0 Å². The van der Waals surface area contributed by atoms with E-state index in [4.69, 9.17) is 14.6 Å². The number of aldehydes is 1. The highest BCUT2D eigenvalue weighted by Crippen LogP contribution is 2.12. The van der Waals surface area contributed by atoms with Crippen LogP contribution < -0.4 is 4.74 Å². The highest BCUT2D eigenvalue weighted by atomic mass is 16.5. The van der Waals surface area contributed by atoms with Crippen LogP contribution in [0.15, 0.2) is 24.3 Å². The lowest BCUT2D eigenvalue weighted by Crippen LogP contribution is -2.01. The Morgan fingerprint density at radius 3 is 2.38 bits per heavy atom. The van der Waals surface area contributed by atoms with Gasteiger partial charge < -0.3 is 19.4 Å². The minimum Gasteiger partial charge on any atom is -0.491 e. The molecule has 0 aliphatic heterocycles. The number of hydrogen-bond acceptors (Lipinski definition) is 4. The molecule has 0 bridgehead atoms. The number of aryl methyl sites for hydroxylation is 1. The van der Waals surface area contributed by atoms with Crippen LogP contribution in [-0.4, -0.2) is 31.4 Å². The van der Waals surface area contributed by atoms with E-state index in [0.29, 0.717) is 13.0 Å². The Morgan fingerprint density at radius 2 is 1.88 bits per heavy atom. The molecule has 1 N–H and O–H groups in total. The Balaban J connectivity index is 0.00000106. The number of aliphatic hydroxyl groups is 1. The third kappa shape index (κ3) is 5.93. The van der Waals surface area contributed by atoms with Crippen LogP contribution in [0.2, 0.25) is 0 Å². The summed E-state index contributed by atoms with van der Waals surface area (Å²) in [6.07, 6.45) is 2.23. The molecule has 0 heterocycles. The first kappa shape index (κ1) is 14.3. The van der Waals surface area contributed by atoms with Gasteiger partial charge in [-0.3, -0.25) is 0 Å². The third-order valence-corrected chi connectivity index (χ3v) is 1.83. The van der Waals surface area contributed by atoms with Crippen molar-refractivity contribution < 1.29 is 19.4 Å². The van der Waals surface area contributed by atoms with Gasteiger partial charge in [0.25, 0.3) is 0 Å². The second-order valence-corrected chi connectivity index (χ2v) is 2.92. The van der Waals surface area contributed by atoms with E-state index in [0.717, 1.165) is 24.0 Å². The van der Waals surface area contributed by atoms with Crippen LogP contribution in [0.3, 0.4) is 0 Å². The summed E-state index contributed by atoms with van der Waals surface area (Å²) >= 11 is 0. The van der Waals surface area contributed by atoms with Crippen molar-refractivity contribution in [1.82, 2.24) is 0 Å². The lowest BCUT2D eigenvalue weighted by molar-refractivity contribution is -0.107. The van der Waals surface area contributed by atoms with Crippen molar-refractivity contribution in [2.75, 3.05) is 13.2 Å². The average molecular weight is 224 g/mol. The number of aliphatic hydroxyl groups excluding tert-OH is 1. The van der Waals surface area contributed by atoms with E-state index in [1.807, 2.05) is 31.1 Å². The molecule has 0 aromatic heterocycles. The minimum atomic E-state index is 0.0207. The maximum atomic E-state index is 10.1. The molecule has 16 heavy (non-hydrogen) atoms. The summed E-state index contributed by atoms with van der Waals surface area (Å²) in [7, 11) is 0. The molecule has 0 unspecified atom stereocenters. The highest BCUT2D eigenvalue weighted by molar-refractivity contribution is 5.50. The van der Waals surface area contributed by atoms with Crippen molar-refractivity contribution in [3.05, 3.63) is 29.8 Å². The highest BCUT2D eigenvalue weighted by Gasteiger charge is 1.94. The predicted octanol–water partition coefficient (Wildman–Crippen LogP) is 1.00. The molecule has 1 aromatic rings. The molecule has 4 heteroatoms. The maximum Gasteiger partial charge on any atom is 0.120 e. The average Bonchev–Trinajstić information content (AvgIpc) is 2.37. The number of carbonyl (C=O) groups is 2. The molecule has 0 aliphatic carbocycles. The van der Waals surface area contributed by atoms with Crippen LogP contribution in [0.1, 0.15) is 12.0 Å². The summed E-state index contributed by atoms with van der Waals surface area (Å²) in [6, 6.07) is 7.54. The number of ether oxygens (including phenoxy) is 1. The van der Waals surface area contributed by atoms with Gasteiger partial charge in [0.2, 0.25) is 0 Å². The summed E-state index contributed by atoms with van der Waals surface area (Å²) < 4.78 is 5.20. The normalized spacial score (nSPS) is 8.81. The summed E-state index contributed by atoms with van der Waals surface area (Å²) in [5.41, 5.74) is 1.12. The van der Waals surface area contributed by atoms with Gasteiger partial charge in [-0.1, -0.05) is 12.1 Å². The van der Waals surface area contributed by atoms with Gasteiger partial charge in [-0.15, -0.1) is 0 Å². The first-order valence-corrected chi connectivity index (χ1v) is 4.92. The molecule has 1 aromatic carbocycles. The lowest BCUT2D eigenvalue weighted by Gasteiger charge is -2.04. The monoisotopic (exact) mass is 224 g/mol. The SMILES string of the molecule is C=O.O=CCCc1ccc(OCCO)cc1. The fourth-order valence-corrected chi connectivity index (χ4v) is 1.14. The van der Waals surface area contributed by atoms with E-state index in [1.165, 1.54) is 0 Å². The Hall–Kier alpha value is -1.68. The second kappa shape index (κ2) is 9.86. The summed E-state index contributed by atoms with van der Waals surface area (Å²) in [4.78, 5) is 18.1. The smallest absolute Gasteiger partial charge is 0.120 e. The number of rotatable bonds is 6. The van der Waals surface area contributed by atoms with Crippen molar-refractivity contribution in [3.63, 3.8) is 0 Å². The summed E-state index contributed by atoms with van der Waals surface area (Å²) in [5.74, 6) is 0.744. The molecule has 0 saturated carbocycles. The fraction of sp³-hybridized carbons (Fsp3) is 0.333. The van der Waals surface area contributed by atoms with Gasteiger partial charge in [-0.05, 0) is 24.1 Å². The first-order chi connectivity index (χ1) is 7.86. The Morgan fingerprint density at radius 1 is 1.25 bits per heavy atom. The zero-order valence-electron chi connectivity index (χ0n) is 9.09. The molecule has 0 aliphatic rings. The van der Waals surface area contributed by atoms with E-state index < -0.39 is 0 Å². The van der Waals surface area contributed by atoms with Gasteiger partial charge in [-0.2, -0.15) is 0 Å². The molecule has 0 spiro atoms. The van der Waals surface area contributed by atoms with Crippen molar-refractivity contribution >= 4 is 13.1 Å². The van der Waals surface area contributed by atoms with Crippen LogP contribution in [0.25, 0.3) is 0 Å². The van der Waals surface area contributed by atoms with Crippen molar-refractivity contribution in [1.29, 1.82) is 0 Å². The van der Waals surface area contributed by atoms with Crippen molar-refractivity contribution in [3.8, 4) is 5.75 Å². The van der Waals surface area contributed by atoms with E-state index >= 15 is 0 Å². The quantitative estimate of drug-likeness (QED) is 0.732. The molecule has 0 radical (unpaired) electrons. The molecule has 88 valence electrons. The maximum absolute atomic E-state index is 10.1. The lowest BCUT2D eigenvalue weighted by atomic mass is 10.1. The van der Waals surface area contributed by atoms with Gasteiger partial charge >= 0.3 is 0 Å². The van der Waals surface area contributed by atoms with Crippen LogP contribution in [0, 0.1) is 0 Å². The fourth-order valence-electron chi connectivity index (χ4n) is 1.14. The van der Waals surface area contributed by atoms with Gasteiger partial charge in [0.1, 0.15) is 25.4 Å². The van der Waals surface area contributed by atoms with Crippen LogP contribution in [0.4, 0.5) is 0 Å². The molecule has 0 fully saturated rings. The van der Waals surface area contributed by atoms with E-state index in [9.17, 15) is 4.79 Å². The zero-order chi connectivity index (χ0) is 12.2. The van der Waals surface area contributed by atoms with Crippen molar-refractivity contribution in [2.45, 2.75) is 12.8 Å². The van der Waals surface area contributed by atoms with Crippen molar-refractivity contribution in [2.24, 2.45) is 0 Å². The van der Waals surface area contributed by atoms with E-state index in [2.05, 4.69) is 0 Å². The van der Waals surface area contributed by atoms with Gasteiger partial charge in [0, 0.05) is 6.42 Å². The second-order valence-electron chi connectivity index (χ2n) is 2.92. The molecular formula is C12H16O4. The summed E-state index contributed by atoms with van der Waals surface area (Å²) in [6.45, 7) is 2.33. The molecule has 4 nitrogen and oxygen atoms in total. The topological polar surface area (TPSA) is 63.6 Å². The standard InChI is InChI=1S/C11H14O3.CH2O/c12-7-1-2-10-3-5-11(6-4-10)14-9-8-13;1-2/h3-7,13H,1-2,8-9H2;1H2. The number of benzene rings is 1. The van der Waals surface area contributed by atoms with E-state index in [-0.39, 0.29) is 6.61 Å². The van der Waals surface area contributed by atoms with Gasteiger partial charge in [0.05, 0.1) is 6.61 Å². The van der Waals surface area contributed by atoms with Crippen LogP contribution in [0.5, 0.6) is 5.75 Å². The molecule has 0 amide bonds. The third-order valence-electron chi connectivity index (χ3n) is 1.83. The molecular weight excluding hydrogens is 208 g/mol. The largest absolute Gasteiger partial charge is 0.491 e.